The van der Waals surface area contributed by atoms with Gasteiger partial charge in [0.2, 0.25) is 0 Å². The molecule has 0 saturated carbocycles. The Hall–Kier alpha value is -0.790. The molecule has 66 valence electrons. The van der Waals surface area contributed by atoms with Gasteiger partial charge in [0.25, 0.3) is 0 Å². The van der Waals surface area contributed by atoms with E-state index in [0.29, 0.717) is 5.92 Å². The average molecular weight is 157 g/mol. The van der Waals surface area contributed by atoms with E-state index < -0.39 is 0 Å². The lowest BCUT2D eigenvalue weighted by Gasteiger charge is -1.92. The summed E-state index contributed by atoms with van der Waals surface area (Å²) in [4.78, 5) is 0. The summed E-state index contributed by atoms with van der Waals surface area (Å²) in [5.41, 5.74) is 1.02. The molecule has 0 spiro atoms. The molecule has 0 atom stereocenters. The Morgan fingerprint density at radius 1 is 1.36 bits per heavy atom. The summed E-state index contributed by atoms with van der Waals surface area (Å²) >= 11 is 0. The molecule has 0 aliphatic rings. The van der Waals surface area contributed by atoms with Crippen molar-refractivity contribution in [1.82, 2.24) is 5.16 Å². The lowest BCUT2D eigenvalue weighted by Crippen LogP contribution is -1.83. The highest BCUT2D eigenvalue weighted by molar-refractivity contribution is 4.99. The third-order valence-corrected chi connectivity index (χ3v) is 1.05. The fraction of sp³-hybridized carbons (Fsp3) is 0.667. The summed E-state index contributed by atoms with van der Waals surface area (Å²) in [7, 11) is 0. The fourth-order valence-electron chi connectivity index (χ4n) is 0.520. The molecule has 0 unspecified atom stereocenters. The molecule has 1 heterocycles. The van der Waals surface area contributed by atoms with Crippen LogP contribution < -0.4 is 0 Å². The first kappa shape index (κ1) is 12.8. The number of nitrogens with zero attached hydrogens (tertiary/aromatic N) is 1. The highest BCUT2D eigenvalue weighted by atomic mass is 16.5. The van der Waals surface area contributed by atoms with Crippen LogP contribution in [0.25, 0.3) is 0 Å². The minimum atomic E-state index is 0. The van der Waals surface area contributed by atoms with Crippen LogP contribution in [-0.2, 0) is 0 Å². The van der Waals surface area contributed by atoms with Crippen molar-refractivity contribution >= 4 is 0 Å². The van der Waals surface area contributed by atoms with Crippen LogP contribution >= 0.6 is 0 Å². The molecule has 0 saturated heterocycles. The summed E-state index contributed by atoms with van der Waals surface area (Å²) in [5, 5.41) is 3.74. The molecular weight excluding hydrogens is 138 g/mol. The summed E-state index contributed by atoms with van der Waals surface area (Å²) in [5.74, 6) is 0.480. The maximum absolute atomic E-state index is 4.63. The van der Waals surface area contributed by atoms with Crippen LogP contribution in [0.1, 0.15) is 46.7 Å². The van der Waals surface area contributed by atoms with E-state index in [4.69, 9.17) is 0 Å². The van der Waals surface area contributed by atoms with Crippen LogP contribution in [0.15, 0.2) is 16.9 Å². The normalized spacial score (nSPS) is 8.09. The molecule has 0 radical (unpaired) electrons. The molecule has 0 amide bonds. The van der Waals surface area contributed by atoms with Gasteiger partial charge in [-0.15, -0.1) is 0 Å². The molecule has 11 heavy (non-hydrogen) atoms. The van der Waals surface area contributed by atoms with Crippen LogP contribution in [0.4, 0.5) is 0 Å². The molecule has 0 bridgehead atoms. The maximum Gasteiger partial charge on any atom is 0.124 e. The van der Waals surface area contributed by atoms with Gasteiger partial charge in [0.15, 0.2) is 0 Å². The summed E-state index contributed by atoms with van der Waals surface area (Å²) in [6, 6.07) is 1.88. The summed E-state index contributed by atoms with van der Waals surface area (Å²) in [6.07, 6.45) is 1.59. The quantitative estimate of drug-likeness (QED) is 0.624. The Balaban J connectivity index is 0. The molecule has 0 fully saturated rings. The van der Waals surface area contributed by atoms with Crippen molar-refractivity contribution in [2.75, 3.05) is 0 Å². The van der Waals surface area contributed by atoms with Gasteiger partial charge in [0.05, 0.1) is 5.69 Å². The number of aromatic nitrogens is 1. The molecule has 2 nitrogen and oxygen atoms in total. The molecule has 2 heteroatoms. The lowest BCUT2D eigenvalue weighted by molar-refractivity contribution is 0.408. The van der Waals surface area contributed by atoms with E-state index in [0.717, 1.165) is 5.69 Å². The van der Waals surface area contributed by atoms with Crippen molar-refractivity contribution < 1.29 is 4.52 Å². The van der Waals surface area contributed by atoms with Crippen LogP contribution in [0.2, 0.25) is 0 Å². The number of hydrogen-bond acceptors (Lipinski definition) is 2. The van der Waals surface area contributed by atoms with E-state index in [-0.39, 0.29) is 7.43 Å². The van der Waals surface area contributed by atoms with Crippen molar-refractivity contribution in [3.8, 4) is 0 Å². The van der Waals surface area contributed by atoms with Gasteiger partial charge in [-0.2, -0.15) is 0 Å². The number of rotatable bonds is 1. The Morgan fingerprint density at radius 2 is 1.91 bits per heavy atom. The third-order valence-electron chi connectivity index (χ3n) is 1.05. The Bertz CT molecular complexity index is 145. The van der Waals surface area contributed by atoms with Crippen molar-refractivity contribution in [1.29, 1.82) is 0 Å². The van der Waals surface area contributed by atoms with E-state index in [1.807, 2.05) is 19.9 Å². The Labute approximate surface area is 69.6 Å². The van der Waals surface area contributed by atoms with Gasteiger partial charge < -0.3 is 4.52 Å². The zero-order valence-corrected chi connectivity index (χ0v) is 7.09. The van der Waals surface area contributed by atoms with Crippen molar-refractivity contribution in [3.05, 3.63) is 18.0 Å². The summed E-state index contributed by atoms with van der Waals surface area (Å²) < 4.78 is 4.63. The fourth-order valence-corrected chi connectivity index (χ4v) is 0.520. The molecule has 1 aromatic heterocycles. The van der Waals surface area contributed by atoms with Gasteiger partial charge in [-0.05, 0) is 5.92 Å². The lowest BCUT2D eigenvalue weighted by atomic mass is 10.1. The highest BCUT2D eigenvalue weighted by Gasteiger charge is 1.98. The molecule has 0 aliphatic carbocycles. The Morgan fingerprint density at radius 3 is 2.09 bits per heavy atom. The standard InChI is InChI=1S/C6H9NO.C2H6.CH4/c1-5(2)6-3-4-8-7-6;1-2;/h3-5H,1-2H3;1-2H3;1H4. The van der Waals surface area contributed by atoms with Crippen LogP contribution in [0.3, 0.4) is 0 Å². The number of hydrogen-bond donors (Lipinski definition) is 0. The molecule has 0 N–H and O–H groups in total. The molecule has 0 aromatic carbocycles. The van der Waals surface area contributed by atoms with Gasteiger partial charge in [-0.25, -0.2) is 0 Å². The second kappa shape index (κ2) is 7.32. The molecule has 1 aromatic rings. The minimum Gasteiger partial charge on any atom is -0.365 e. The van der Waals surface area contributed by atoms with E-state index in [2.05, 4.69) is 23.5 Å². The minimum absolute atomic E-state index is 0. The van der Waals surface area contributed by atoms with Gasteiger partial charge >= 0.3 is 0 Å². The Kier molecular flexibility index (Phi) is 8.55. The largest absolute Gasteiger partial charge is 0.365 e. The zero-order valence-electron chi connectivity index (χ0n) is 7.09. The second-order valence-corrected chi connectivity index (χ2v) is 2.08. The van der Waals surface area contributed by atoms with E-state index in [1.165, 1.54) is 0 Å². The van der Waals surface area contributed by atoms with Crippen molar-refractivity contribution in [3.63, 3.8) is 0 Å². The topological polar surface area (TPSA) is 26.0 Å². The molecule has 1 rings (SSSR count). The average Bonchev–Trinajstić information content (AvgIpc) is 2.42. The SMILES string of the molecule is C.CC.CC(C)c1ccon1. The first-order valence-electron chi connectivity index (χ1n) is 3.71. The third kappa shape index (κ3) is 4.59. The van der Waals surface area contributed by atoms with Gasteiger partial charge in [-0.1, -0.05) is 40.3 Å². The van der Waals surface area contributed by atoms with Gasteiger partial charge in [-0.3, -0.25) is 0 Å². The van der Waals surface area contributed by atoms with Gasteiger partial charge in [0.1, 0.15) is 6.26 Å². The summed E-state index contributed by atoms with van der Waals surface area (Å²) in [6.45, 7) is 8.16. The zero-order chi connectivity index (χ0) is 7.98. The first-order chi connectivity index (χ1) is 4.80. The predicted octanol–water partition coefficient (Wildman–Crippen LogP) is 3.46. The second-order valence-electron chi connectivity index (χ2n) is 2.08. The predicted molar refractivity (Wildman–Crippen MR) is 48.7 cm³/mol. The first-order valence-corrected chi connectivity index (χ1v) is 3.71. The maximum atomic E-state index is 4.63. The van der Waals surface area contributed by atoms with Crippen LogP contribution in [0.5, 0.6) is 0 Å². The van der Waals surface area contributed by atoms with Gasteiger partial charge in [0, 0.05) is 6.07 Å². The van der Waals surface area contributed by atoms with E-state index >= 15 is 0 Å². The van der Waals surface area contributed by atoms with Crippen molar-refractivity contribution in [2.45, 2.75) is 41.0 Å². The van der Waals surface area contributed by atoms with E-state index in [1.54, 1.807) is 6.26 Å². The highest BCUT2D eigenvalue weighted by Crippen LogP contribution is 2.09. The van der Waals surface area contributed by atoms with Crippen LogP contribution in [-0.4, -0.2) is 5.16 Å². The molecule has 0 aliphatic heterocycles. The van der Waals surface area contributed by atoms with Crippen molar-refractivity contribution in [2.24, 2.45) is 0 Å². The monoisotopic (exact) mass is 157 g/mol. The van der Waals surface area contributed by atoms with E-state index in [9.17, 15) is 0 Å². The molecular formula is C9H19NO. The van der Waals surface area contributed by atoms with Crippen LogP contribution in [0, 0.1) is 0 Å². The smallest absolute Gasteiger partial charge is 0.124 e.